The maximum Gasteiger partial charge on any atom is 0.412 e. The van der Waals surface area contributed by atoms with Gasteiger partial charge in [0.25, 0.3) is 5.91 Å². The third-order valence-electron chi connectivity index (χ3n) is 6.42. The first kappa shape index (κ1) is 24.0. The minimum absolute atomic E-state index is 0.0996. The van der Waals surface area contributed by atoms with Gasteiger partial charge in [0, 0.05) is 19.0 Å². The van der Waals surface area contributed by atoms with Gasteiger partial charge in [-0.05, 0) is 35.6 Å². The van der Waals surface area contributed by atoms with Gasteiger partial charge in [0.15, 0.2) is 0 Å². The second-order valence-electron chi connectivity index (χ2n) is 8.57. The van der Waals surface area contributed by atoms with Crippen molar-refractivity contribution < 1.29 is 24.2 Å². The van der Waals surface area contributed by atoms with Crippen LogP contribution in [0.2, 0.25) is 0 Å². The molecule has 0 bridgehead atoms. The van der Waals surface area contributed by atoms with Crippen LogP contribution in [0, 0.1) is 0 Å². The van der Waals surface area contributed by atoms with Gasteiger partial charge in [-0.25, -0.2) is 4.79 Å². The number of benzene rings is 2. The number of ether oxygens (including phenoxy) is 1. The number of hydrogen-bond acceptors (Lipinski definition) is 5. The normalized spacial score (nSPS) is 13.0. The van der Waals surface area contributed by atoms with E-state index in [0.29, 0.717) is 6.42 Å². The van der Waals surface area contributed by atoms with Gasteiger partial charge in [0.1, 0.15) is 24.5 Å². The number of fused-ring (bicyclic) bond motifs is 3. The molecule has 0 aliphatic heterocycles. The fraction of sp³-hybridized carbons (Fsp3) is 0.308. The van der Waals surface area contributed by atoms with Gasteiger partial charge in [0.2, 0.25) is 0 Å². The molecule has 9 nitrogen and oxygen atoms in total. The minimum Gasteiger partial charge on any atom is -0.480 e. The molecule has 1 atom stereocenters. The molecule has 3 aromatic rings. The van der Waals surface area contributed by atoms with Crippen molar-refractivity contribution in [3.63, 3.8) is 0 Å². The highest BCUT2D eigenvalue weighted by atomic mass is 16.5. The van der Waals surface area contributed by atoms with Crippen molar-refractivity contribution in [2.75, 3.05) is 18.5 Å². The molecule has 1 heterocycles. The summed E-state index contributed by atoms with van der Waals surface area (Å²) in [5, 5.41) is 16.0. The number of aliphatic carboxylic acids is 1. The van der Waals surface area contributed by atoms with Crippen LogP contribution in [0.4, 0.5) is 10.6 Å². The number of nitrogens with one attached hydrogen (secondary N) is 1. The van der Waals surface area contributed by atoms with E-state index in [-0.39, 0.29) is 29.9 Å². The van der Waals surface area contributed by atoms with Gasteiger partial charge >= 0.3 is 12.1 Å². The van der Waals surface area contributed by atoms with Gasteiger partial charge < -0.3 is 14.7 Å². The SMILES string of the molecule is CCC(C)N(CC(=O)O)C(=O)c1cnn(C)c1NC(=O)OCC1c2ccccc2-c2ccccc21. The van der Waals surface area contributed by atoms with Gasteiger partial charge in [-0.15, -0.1) is 0 Å². The van der Waals surface area contributed by atoms with Crippen molar-refractivity contribution in [1.82, 2.24) is 14.7 Å². The zero-order chi connectivity index (χ0) is 25.1. The highest BCUT2D eigenvalue weighted by Crippen LogP contribution is 2.44. The second kappa shape index (κ2) is 10.0. The molecule has 2 amide bonds. The predicted octanol–water partition coefficient (Wildman–Crippen LogP) is 4.11. The van der Waals surface area contributed by atoms with Gasteiger partial charge in [0.05, 0.1) is 6.20 Å². The second-order valence-corrected chi connectivity index (χ2v) is 8.57. The van der Waals surface area contributed by atoms with Crippen molar-refractivity contribution >= 4 is 23.8 Å². The number of hydrogen-bond donors (Lipinski definition) is 2. The monoisotopic (exact) mass is 476 g/mol. The Morgan fingerprint density at radius 3 is 2.29 bits per heavy atom. The van der Waals surface area contributed by atoms with E-state index in [1.807, 2.05) is 43.3 Å². The zero-order valence-corrected chi connectivity index (χ0v) is 19.9. The Morgan fingerprint density at radius 1 is 1.11 bits per heavy atom. The predicted molar refractivity (Wildman–Crippen MR) is 130 cm³/mol. The smallest absolute Gasteiger partial charge is 0.412 e. The highest BCUT2D eigenvalue weighted by molar-refractivity contribution is 6.02. The molecule has 182 valence electrons. The topological polar surface area (TPSA) is 114 Å². The molecule has 2 aromatic carbocycles. The Morgan fingerprint density at radius 2 is 1.71 bits per heavy atom. The molecule has 9 heteroatoms. The number of aryl methyl sites for hydroxylation is 1. The summed E-state index contributed by atoms with van der Waals surface area (Å²) >= 11 is 0. The summed E-state index contributed by atoms with van der Waals surface area (Å²) in [5.74, 6) is -1.60. The molecule has 1 aromatic heterocycles. The van der Waals surface area contributed by atoms with E-state index in [0.717, 1.165) is 22.3 Å². The third kappa shape index (κ3) is 4.75. The number of nitrogens with zero attached hydrogens (tertiary/aromatic N) is 3. The van der Waals surface area contributed by atoms with E-state index >= 15 is 0 Å². The summed E-state index contributed by atoms with van der Waals surface area (Å²) in [6.07, 6.45) is 1.17. The zero-order valence-electron chi connectivity index (χ0n) is 19.9. The lowest BCUT2D eigenvalue weighted by atomic mass is 9.98. The Balaban J connectivity index is 1.50. The third-order valence-corrected chi connectivity index (χ3v) is 6.42. The van der Waals surface area contributed by atoms with Crippen LogP contribution in [0.25, 0.3) is 11.1 Å². The van der Waals surface area contributed by atoms with Crippen molar-refractivity contribution in [2.24, 2.45) is 7.05 Å². The van der Waals surface area contributed by atoms with Gasteiger partial charge in [-0.2, -0.15) is 5.10 Å². The molecule has 0 fully saturated rings. The summed E-state index contributed by atoms with van der Waals surface area (Å²) in [7, 11) is 1.58. The first-order valence-corrected chi connectivity index (χ1v) is 11.5. The number of amides is 2. The van der Waals surface area contributed by atoms with E-state index in [9.17, 15) is 19.5 Å². The molecule has 1 unspecified atom stereocenters. The molecule has 0 spiro atoms. The Labute approximate surface area is 203 Å². The van der Waals surface area contributed by atoms with E-state index in [1.165, 1.54) is 15.8 Å². The average Bonchev–Trinajstić information content (AvgIpc) is 3.37. The summed E-state index contributed by atoms with van der Waals surface area (Å²) < 4.78 is 6.94. The standard InChI is InChI=1S/C26H28N4O5/c1-4-16(2)30(14-23(31)32)25(33)21-13-27-29(3)24(21)28-26(34)35-15-22-19-11-7-5-9-17(19)18-10-6-8-12-20(18)22/h5-13,16,22H,4,14-15H2,1-3H3,(H,28,34)(H,31,32). The first-order chi connectivity index (χ1) is 16.8. The van der Waals surface area contributed by atoms with Crippen LogP contribution in [-0.2, 0) is 16.6 Å². The number of anilines is 1. The Hall–Kier alpha value is -4.14. The van der Waals surface area contributed by atoms with Crippen molar-refractivity contribution in [1.29, 1.82) is 0 Å². The molecule has 0 radical (unpaired) electrons. The summed E-state index contributed by atoms with van der Waals surface area (Å²) in [4.78, 5) is 38.5. The molecule has 0 saturated heterocycles. The summed E-state index contributed by atoms with van der Waals surface area (Å²) in [5.41, 5.74) is 4.54. The van der Waals surface area contributed by atoms with Crippen LogP contribution >= 0.6 is 0 Å². The van der Waals surface area contributed by atoms with Crippen LogP contribution in [-0.4, -0.2) is 57.0 Å². The van der Waals surface area contributed by atoms with Crippen molar-refractivity contribution in [3.8, 4) is 11.1 Å². The molecule has 4 rings (SSSR count). The lowest BCUT2D eigenvalue weighted by Crippen LogP contribution is -2.42. The lowest BCUT2D eigenvalue weighted by Gasteiger charge is -2.27. The van der Waals surface area contributed by atoms with Crippen molar-refractivity contribution in [2.45, 2.75) is 32.2 Å². The number of carbonyl (C=O) groups is 3. The van der Waals surface area contributed by atoms with Crippen LogP contribution in [0.1, 0.15) is 47.7 Å². The summed E-state index contributed by atoms with van der Waals surface area (Å²) in [6, 6.07) is 15.8. The number of carbonyl (C=O) groups excluding carboxylic acids is 2. The van der Waals surface area contributed by atoms with E-state index < -0.39 is 24.5 Å². The van der Waals surface area contributed by atoms with Crippen LogP contribution in [0.15, 0.2) is 54.7 Å². The largest absolute Gasteiger partial charge is 0.480 e. The molecule has 2 N–H and O–H groups in total. The number of aromatic nitrogens is 2. The Kier molecular flexibility index (Phi) is 6.86. The van der Waals surface area contributed by atoms with Crippen molar-refractivity contribution in [3.05, 3.63) is 71.4 Å². The van der Waals surface area contributed by atoms with Gasteiger partial charge in [-0.1, -0.05) is 55.5 Å². The van der Waals surface area contributed by atoms with Crippen LogP contribution < -0.4 is 5.32 Å². The minimum atomic E-state index is -1.12. The van der Waals surface area contributed by atoms with Crippen LogP contribution in [0.3, 0.4) is 0 Å². The fourth-order valence-electron chi connectivity index (χ4n) is 4.42. The van der Waals surface area contributed by atoms with E-state index in [4.69, 9.17) is 4.74 Å². The van der Waals surface area contributed by atoms with E-state index in [1.54, 1.807) is 14.0 Å². The molecular weight excluding hydrogens is 448 g/mol. The lowest BCUT2D eigenvalue weighted by molar-refractivity contribution is -0.138. The number of carboxylic acids is 1. The molecule has 1 aliphatic rings. The molecule has 1 aliphatic carbocycles. The molecule has 0 saturated carbocycles. The van der Waals surface area contributed by atoms with E-state index in [2.05, 4.69) is 22.5 Å². The number of carboxylic acid groups (broad SMARTS) is 1. The maximum atomic E-state index is 13.2. The average molecular weight is 477 g/mol. The Bertz CT molecular complexity index is 1220. The van der Waals surface area contributed by atoms with Gasteiger partial charge in [-0.3, -0.25) is 19.6 Å². The fourth-order valence-corrected chi connectivity index (χ4v) is 4.42. The number of rotatable bonds is 8. The molecule has 35 heavy (non-hydrogen) atoms. The first-order valence-electron chi connectivity index (χ1n) is 11.5. The quantitative estimate of drug-likeness (QED) is 0.506. The highest BCUT2D eigenvalue weighted by Gasteiger charge is 2.30. The molecular formula is C26H28N4O5. The summed E-state index contributed by atoms with van der Waals surface area (Å²) in [6.45, 7) is 3.31. The maximum absolute atomic E-state index is 13.2. The van der Waals surface area contributed by atoms with Crippen LogP contribution in [0.5, 0.6) is 0 Å².